The maximum Gasteiger partial charge on any atom is 0.238 e. The van der Waals surface area contributed by atoms with E-state index in [2.05, 4.69) is 15.9 Å². The molecule has 2 aliphatic rings. The molecule has 1 aromatic carbocycles. The Morgan fingerprint density at radius 2 is 1.70 bits per heavy atom. The average molecular weight is 338 g/mol. The highest BCUT2D eigenvalue weighted by Gasteiger charge is 2.48. The molecular weight excluding hydrogens is 325 g/mol. The second-order valence-corrected chi connectivity index (χ2v) is 6.07. The van der Waals surface area contributed by atoms with Crippen LogP contribution in [-0.4, -0.2) is 11.8 Å². The van der Waals surface area contributed by atoms with Gasteiger partial charge < -0.3 is 0 Å². The minimum absolute atomic E-state index is 0.214. The molecule has 1 aliphatic carbocycles. The smallest absolute Gasteiger partial charge is 0.238 e. The summed E-state index contributed by atoms with van der Waals surface area (Å²) in [6, 6.07) is 2.84. The van der Waals surface area contributed by atoms with Crippen molar-refractivity contribution in [1.82, 2.24) is 0 Å². The summed E-state index contributed by atoms with van der Waals surface area (Å²) in [6.07, 6.45) is 5.04. The maximum absolute atomic E-state index is 13.7. The van der Waals surface area contributed by atoms with E-state index in [-0.39, 0.29) is 23.7 Å². The van der Waals surface area contributed by atoms with Gasteiger partial charge in [0.1, 0.15) is 5.82 Å². The van der Waals surface area contributed by atoms with Crippen molar-refractivity contribution in [2.45, 2.75) is 19.8 Å². The van der Waals surface area contributed by atoms with Gasteiger partial charge >= 0.3 is 0 Å². The molecule has 1 aromatic rings. The van der Waals surface area contributed by atoms with Crippen molar-refractivity contribution in [3.63, 3.8) is 0 Å². The number of carbonyl (C=O) groups excluding carboxylic acids is 2. The molecule has 3 rings (SSSR count). The molecule has 0 bridgehead atoms. The second-order valence-electron chi connectivity index (χ2n) is 5.22. The van der Waals surface area contributed by atoms with Gasteiger partial charge in [-0.1, -0.05) is 12.2 Å². The molecular formula is C15H13BrFNO2. The monoisotopic (exact) mass is 337 g/mol. The molecule has 0 radical (unpaired) electrons. The molecule has 0 aromatic heterocycles. The van der Waals surface area contributed by atoms with Crippen LogP contribution < -0.4 is 4.90 Å². The van der Waals surface area contributed by atoms with Crippen molar-refractivity contribution in [1.29, 1.82) is 0 Å². The molecule has 1 saturated heterocycles. The minimum atomic E-state index is -0.473. The molecule has 1 fully saturated rings. The third-order valence-corrected chi connectivity index (χ3v) is 4.60. The number of aryl methyl sites for hydroxylation is 1. The first-order valence-electron chi connectivity index (χ1n) is 6.49. The number of anilines is 1. The van der Waals surface area contributed by atoms with Crippen molar-refractivity contribution in [2.24, 2.45) is 11.8 Å². The van der Waals surface area contributed by atoms with Crippen LogP contribution in [0.3, 0.4) is 0 Å². The summed E-state index contributed by atoms with van der Waals surface area (Å²) in [5.41, 5.74) is 1.06. The fraction of sp³-hybridized carbons (Fsp3) is 0.333. The predicted octanol–water partition coefficient (Wildman–Crippen LogP) is 3.35. The van der Waals surface area contributed by atoms with Gasteiger partial charge in [0.25, 0.3) is 0 Å². The number of carbonyl (C=O) groups is 2. The van der Waals surface area contributed by atoms with E-state index in [9.17, 15) is 14.0 Å². The zero-order valence-corrected chi connectivity index (χ0v) is 12.5. The van der Waals surface area contributed by atoms with E-state index in [1.807, 2.05) is 12.2 Å². The van der Waals surface area contributed by atoms with Crippen molar-refractivity contribution in [3.05, 3.63) is 40.1 Å². The normalized spacial score (nSPS) is 25.2. The summed E-state index contributed by atoms with van der Waals surface area (Å²) in [5.74, 6) is -1.49. The van der Waals surface area contributed by atoms with E-state index in [0.29, 0.717) is 28.6 Å². The Balaban J connectivity index is 2.05. The largest absolute Gasteiger partial charge is 0.274 e. The van der Waals surface area contributed by atoms with Crippen LogP contribution in [0.4, 0.5) is 10.1 Å². The minimum Gasteiger partial charge on any atom is -0.274 e. The molecule has 2 atom stereocenters. The van der Waals surface area contributed by atoms with Crippen LogP contribution in [0.15, 0.2) is 28.8 Å². The molecule has 5 heteroatoms. The summed E-state index contributed by atoms with van der Waals surface area (Å²) in [4.78, 5) is 26.0. The van der Waals surface area contributed by atoms with Crippen molar-refractivity contribution >= 4 is 33.4 Å². The Morgan fingerprint density at radius 1 is 1.15 bits per heavy atom. The Morgan fingerprint density at radius 3 is 2.25 bits per heavy atom. The highest BCUT2D eigenvalue weighted by Crippen LogP contribution is 2.39. The van der Waals surface area contributed by atoms with Crippen LogP contribution in [0.25, 0.3) is 0 Å². The van der Waals surface area contributed by atoms with Crippen LogP contribution in [0.2, 0.25) is 0 Å². The second kappa shape index (κ2) is 4.81. The van der Waals surface area contributed by atoms with Gasteiger partial charge in [-0.25, -0.2) is 9.29 Å². The molecule has 2 amide bonds. The fourth-order valence-electron chi connectivity index (χ4n) is 2.91. The number of halogens is 2. The molecule has 2 unspecified atom stereocenters. The standard InChI is InChI=1S/C15H13BrFNO2/c1-8-6-11(16)12(17)7-13(8)18-14(19)9-4-2-3-5-10(9)15(18)20/h2-3,6-7,9-10H,4-5H2,1H3. The highest BCUT2D eigenvalue weighted by molar-refractivity contribution is 9.10. The van der Waals surface area contributed by atoms with Gasteiger partial charge in [0.05, 0.1) is 22.0 Å². The Kier molecular flexibility index (Phi) is 3.24. The zero-order valence-electron chi connectivity index (χ0n) is 10.9. The lowest BCUT2D eigenvalue weighted by atomic mass is 9.85. The summed E-state index contributed by atoms with van der Waals surface area (Å²) < 4.78 is 14.1. The average Bonchev–Trinajstić information content (AvgIpc) is 2.68. The highest BCUT2D eigenvalue weighted by atomic mass is 79.9. The Bertz CT molecular complexity index is 615. The van der Waals surface area contributed by atoms with E-state index in [4.69, 9.17) is 0 Å². The SMILES string of the molecule is Cc1cc(Br)c(F)cc1N1C(=O)C2CC=CCC2C1=O. The van der Waals surface area contributed by atoms with Crippen LogP contribution in [0.1, 0.15) is 18.4 Å². The molecule has 1 heterocycles. The maximum atomic E-state index is 13.7. The summed E-state index contributed by atoms with van der Waals surface area (Å²) in [7, 11) is 0. The van der Waals surface area contributed by atoms with E-state index in [1.165, 1.54) is 6.07 Å². The number of amides is 2. The molecule has 0 spiro atoms. The van der Waals surface area contributed by atoms with Gasteiger partial charge in [0.15, 0.2) is 0 Å². The van der Waals surface area contributed by atoms with Gasteiger partial charge in [-0.3, -0.25) is 9.59 Å². The number of benzene rings is 1. The van der Waals surface area contributed by atoms with E-state index >= 15 is 0 Å². The van der Waals surface area contributed by atoms with Crippen LogP contribution >= 0.6 is 15.9 Å². The molecule has 104 valence electrons. The summed E-state index contributed by atoms with van der Waals surface area (Å²) >= 11 is 3.11. The first-order chi connectivity index (χ1) is 9.50. The van der Waals surface area contributed by atoms with Crippen LogP contribution in [0.5, 0.6) is 0 Å². The van der Waals surface area contributed by atoms with Gasteiger partial charge in [0.2, 0.25) is 11.8 Å². The van der Waals surface area contributed by atoms with E-state index in [1.54, 1.807) is 13.0 Å². The van der Waals surface area contributed by atoms with Gasteiger partial charge in [-0.2, -0.15) is 0 Å². The third-order valence-electron chi connectivity index (χ3n) is 3.99. The van der Waals surface area contributed by atoms with Crippen LogP contribution in [-0.2, 0) is 9.59 Å². The molecule has 0 N–H and O–H groups in total. The van der Waals surface area contributed by atoms with E-state index in [0.717, 1.165) is 4.90 Å². The fourth-order valence-corrected chi connectivity index (χ4v) is 3.37. The number of rotatable bonds is 1. The topological polar surface area (TPSA) is 37.4 Å². The Labute approximate surface area is 124 Å². The number of hydrogen-bond donors (Lipinski definition) is 0. The lowest BCUT2D eigenvalue weighted by molar-refractivity contribution is -0.122. The van der Waals surface area contributed by atoms with Gasteiger partial charge in [0, 0.05) is 0 Å². The zero-order chi connectivity index (χ0) is 14.4. The number of fused-ring (bicyclic) bond motifs is 1. The van der Waals surface area contributed by atoms with Gasteiger partial charge in [-0.15, -0.1) is 0 Å². The van der Waals surface area contributed by atoms with Crippen molar-refractivity contribution < 1.29 is 14.0 Å². The summed E-state index contributed by atoms with van der Waals surface area (Å²) in [5, 5.41) is 0. The number of hydrogen-bond acceptors (Lipinski definition) is 2. The number of allylic oxidation sites excluding steroid dienone is 2. The lowest BCUT2D eigenvalue weighted by Gasteiger charge is -2.18. The van der Waals surface area contributed by atoms with Crippen LogP contribution in [0, 0.1) is 24.6 Å². The number of imide groups is 1. The quantitative estimate of drug-likeness (QED) is 0.582. The Hall–Kier alpha value is -1.49. The van der Waals surface area contributed by atoms with Crippen molar-refractivity contribution in [3.8, 4) is 0 Å². The summed E-state index contributed by atoms with van der Waals surface area (Å²) in [6.45, 7) is 1.76. The van der Waals surface area contributed by atoms with E-state index < -0.39 is 5.82 Å². The predicted molar refractivity (Wildman–Crippen MR) is 76.7 cm³/mol. The molecule has 1 aliphatic heterocycles. The first kappa shape index (κ1) is 13.5. The van der Waals surface area contributed by atoms with Gasteiger partial charge in [-0.05, 0) is 53.4 Å². The lowest BCUT2D eigenvalue weighted by Crippen LogP contribution is -2.31. The third kappa shape index (κ3) is 1.92. The first-order valence-corrected chi connectivity index (χ1v) is 7.28. The molecule has 0 saturated carbocycles. The molecule has 3 nitrogen and oxygen atoms in total. The number of nitrogens with zero attached hydrogens (tertiary/aromatic N) is 1. The molecule has 20 heavy (non-hydrogen) atoms. The van der Waals surface area contributed by atoms with Crippen molar-refractivity contribution in [2.75, 3.05) is 4.90 Å².